The molecule has 2 aromatic carbocycles. The summed E-state index contributed by atoms with van der Waals surface area (Å²) >= 11 is 1.34. The van der Waals surface area contributed by atoms with Gasteiger partial charge in [-0.25, -0.2) is 4.98 Å². The van der Waals surface area contributed by atoms with Gasteiger partial charge in [-0.3, -0.25) is 14.5 Å². The number of benzene rings is 2. The number of fused-ring (bicyclic) bond motifs is 2. The Labute approximate surface area is 163 Å². The van der Waals surface area contributed by atoms with E-state index in [-0.39, 0.29) is 17.1 Å². The summed E-state index contributed by atoms with van der Waals surface area (Å²) in [6.45, 7) is 0. The molecule has 138 valence electrons. The van der Waals surface area contributed by atoms with Gasteiger partial charge >= 0.3 is 0 Å². The van der Waals surface area contributed by atoms with E-state index in [0.29, 0.717) is 27.4 Å². The standard InChI is InChI=1S/C21H14N2O4S/c1-26-13-8-6-12(7-9-13)17-16-18(24)14-4-2-3-5-15(14)27-19(16)20(25)23(17)21-22-10-11-28-21/h2-11,17H,1H3. The zero-order chi connectivity index (χ0) is 19.3. The molecule has 0 spiro atoms. The summed E-state index contributed by atoms with van der Waals surface area (Å²) < 4.78 is 11.1. The number of thiazole rings is 1. The zero-order valence-corrected chi connectivity index (χ0v) is 15.6. The van der Waals surface area contributed by atoms with Gasteiger partial charge in [-0.05, 0) is 29.8 Å². The number of amides is 1. The van der Waals surface area contributed by atoms with Gasteiger partial charge in [0.25, 0.3) is 5.91 Å². The van der Waals surface area contributed by atoms with Gasteiger partial charge in [0, 0.05) is 11.6 Å². The van der Waals surface area contributed by atoms with Gasteiger partial charge in [0.05, 0.1) is 24.1 Å². The molecule has 1 aliphatic heterocycles. The molecule has 3 heterocycles. The molecule has 5 rings (SSSR count). The Hall–Kier alpha value is -3.45. The van der Waals surface area contributed by atoms with Crippen LogP contribution < -0.4 is 15.1 Å². The maximum Gasteiger partial charge on any atom is 0.297 e. The summed E-state index contributed by atoms with van der Waals surface area (Å²) in [4.78, 5) is 32.4. The van der Waals surface area contributed by atoms with Gasteiger partial charge in [-0.1, -0.05) is 24.3 Å². The SMILES string of the molecule is COc1ccc(C2c3c(oc4ccccc4c3=O)C(=O)N2c2nccs2)cc1. The van der Waals surface area contributed by atoms with Crippen LogP contribution in [-0.2, 0) is 0 Å². The van der Waals surface area contributed by atoms with E-state index in [2.05, 4.69) is 4.98 Å². The highest BCUT2D eigenvalue weighted by atomic mass is 32.1. The van der Waals surface area contributed by atoms with Gasteiger partial charge < -0.3 is 9.15 Å². The minimum atomic E-state index is -0.611. The van der Waals surface area contributed by atoms with Crippen LogP contribution in [0.4, 0.5) is 5.13 Å². The monoisotopic (exact) mass is 390 g/mol. The van der Waals surface area contributed by atoms with Crippen molar-refractivity contribution in [1.29, 1.82) is 0 Å². The number of aromatic nitrogens is 1. The highest BCUT2D eigenvalue weighted by Gasteiger charge is 2.44. The predicted octanol–water partition coefficient (Wildman–Crippen LogP) is 4.01. The largest absolute Gasteiger partial charge is 0.497 e. The number of para-hydroxylation sites is 1. The third-order valence-corrected chi connectivity index (χ3v) is 5.61. The predicted molar refractivity (Wildman–Crippen MR) is 106 cm³/mol. The average molecular weight is 390 g/mol. The molecule has 0 saturated heterocycles. The van der Waals surface area contributed by atoms with Crippen LogP contribution in [0.25, 0.3) is 11.0 Å². The number of carbonyl (C=O) groups is 1. The summed E-state index contributed by atoms with van der Waals surface area (Å²) in [7, 11) is 1.59. The van der Waals surface area contributed by atoms with Gasteiger partial charge in [0.15, 0.2) is 10.6 Å². The molecule has 0 aliphatic carbocycles. The number of hydrogen-bond donors (Lipinski definition) is 0. The Bertz CT molecular complexity index is 1250. The minimum absolute atomic E-state index is 0.0692. The molecule has 1 unspecified atom stereocenters. The second-order valence-corrected chi connectivity index (χ2v) is 7.21. The lowest BCUT2D eigenvalue weighted by atomic mass is 9.98. The molecule has 4 aromatic rings. The van der Waals surface area contributed by atoms with E-state index in [1.54, 1.807) is 55.1 Å². The quantitative estimate of drug-likeness (QED) is 0.529. The first kappa shape index (κ1) is 16.7. The van der Waals surface area contributed by atoms with Crippen molar-refractivity contribution in [1.82, 2.24) is 4.98 Å². The molecule has 0 bridgehead atoms. The van der Waals surface area contributed by atoms with E-state index in [0.717, 1.165) is 5.56 Å². The summed E-state index contributed by atoms with van der Waals surface area (Å²) in [5, 5.41) is 2.76. The van der Waals surface area contributed by atoms with Crippen molar-refractivity contribution < 1.29 is 13.9 Å². The molecule has 1 amide bonds. The summed E-state index contributed by atoms with van der Waals surface area (Å²) in [6.07, 6.45) is 1.63. The molecule has 0 saturated carbocycles. The van der Waals surface area contributed by atoms with Crippen LogP contribution in [-0.4, -0.2) is 18.0 Å². The van der Waals surface area contributed by atoms with Crippen LogP contribution in [0.3, 0.4) is 0 Å². The van der Waals surface area contributed by atoms with E-state index in [4.69, 9.17) is 9.15 Å². The van der Waals surface area contributed by atoms with Crippen LogP contribution >= 0.6 is 11.3 Å². The molecule has 7 heteroatoms. The number of ether oxygens (including phenoxy) is 1. The second kappa shape index (κ2) is 6.31. The normalized spacial score (nSPS) is 15.8. The number of methoxy groups -OCH3 is 1. The topological polar surface area (TPSA) is 72.6 Å². The third-order valence-electron chi connectivity index (χ3n) is 4.83. The van der Waals surface area contributed by atoms with E-state index >= 15 is 0 Å². The fraction of sp³-hybridized carbons (Fsp3) is 0.0952. The Balaban J connectivity index is 1.80. The van der Waals surface area contributed by atoms with Crippen LogP contribution in [0.2, 0.25) is 0 Å². The van der Waals surface area contributed by atoms with Gasteiger partial charge in [-0.2, -0.15) is 0 Å². The zero-order valence-electron chi connectivity index (χ0n) is 14.8. The van der Waals surface area contributed by atoms with Crippen LogP contribution in [0, 0.1) is 0 Å². The van der Waals surface area contributed by atoms with Gasteiger partial charge in [0.2, 0.25) is 5.76 Å². The van der Waals surface area contributed by atoms with Crippen molar-refractivity contribution in [3.05, 3.63) is 87.2 Å². The summed E-state index contributed by atoms with van der Waals surface area (Å²) in [5.41, 5.74) is 1.31. The molecular weight excluding hydrogens is 376 g/mol. The van der Waals surface area contributed by atoms with Crippen LogP contribution in [0.5, 0.6) is 5.75 Å². The number of anilines is 1. The maximum absolute atomic E-state index is 13.3. The average Bonchev–Trinajstić information content (AvgIpc) is 3.35. The molecule has 2 aromatic heterocycles. The molecule has 28 heavy (non-hydrogen) atoms. The van der Waals surface area contributed by atoms with Crippen molar-refractivity contribution in [2.45, 2.75) is 6.04 Å². The summed E-state index contributed by atoms with van der Waals surface area (Å²) in [6, 6.07) is 13.7. The second-order valence-electron chi connectivity index (χ2n) is 6.34. The van der Waals surface area contributed by atoms with E-state index in [9.17, 15) is 9.59 Å². The third kappa shape index (κ3) is 2.36. The van der Waals surface area contributed by atoms with Crippen LogP contribution in [0.1, 0.15) is 27.7 Å². The first-order chi connectivity index (χ1) is 13.7. The Kier molecular flexibility index (Phi) is 3.77. The van der Waals surface area contributed by atoms with Gasteiger partial charge in [0.1, 0.15) is 11.3 Å². The Morgan fingerprint density at radius 1 is 1.11 bits per heavy atom. The van der Waals surface area contributed by atoms with Crippen molar-refractivity contribution in [2.24, 2.45) is 0 Å². The van der Waals surface area contributed by atoms with Crippen molar-refractivity contribution >= 4 is 33.3 Å². The minimum Gasteiger partial charge on any atom is -0.497 e. The fourth-order valence-electron chi connectivity index (χ4n) is 3.55. The lowest BCUT2D eigenvalue weighted by Gasteiger charge is -2.22. The summed E-state index contributed by atoms with van der Waals surface area (Å²) in [5.74, 6) is 0.396. The lowest BCUT2D eigenvalue weighted by Crippen LogP contribution is -2.29. The molecule has 0 radical (unpaired) electrons. The maximum atomic E-state index is 13.3. The number of rotatable bonds is 3. The Morgan fingerprint density at radius 3 is 2.61 bits per heavy atom. The molecule has 0 N–H and O–H groups in total. The first-order valence-electron chi connectivity index (χ1n) is 8.62. The van der Waals surface area contributed by atoms with E-state index < -0.39 is 6.04 Å². The molecule has 0 fully saturated rings. The van der Waals surface area contributed by atoms with Gasteiger partial charge in [-0.15, -0.1) is 11.3 Å². The lowest BCUT2D eigenvalue weighted by molar-refractivity contribution is 0.0971. The van der Waals surface area contributed by atoms with Crippen LogP contribution in [0.15, 0.2) is 69.3 Å². The molecule has 6 nitrogen and oxygen atoms in total. The highest BCUT2D eigenvalue weighted by Crippen LogP contribution is 2.42. The molecule has 1 aliphatic rings. The van der Waals surface area contributed by atoms with E-state index in [1.165, 1.54) is 16.2 Å². The number of hydrogen-bond acceptors (Lipinski definition) is 6. The van der Waals surface area contributed by atoms with Crippen molar-refractivity contribution in [3.8, 4) is 5.75 Å². The highest BCUT2D eigenvalue weighted by molar-refractivity contribution is 7.13. The smallest absolute Gasteiger partial charge is 0.297 e. The Morgan fingerprint density at radius 2 is 1.89 bits per heavy atom. The number of carbonyl (C=O) groups excluding carboxylic acids is 1. The van der Waals surface area contributed by atoms with Crippen molar-refractivity contribution in [2.75, 3.05) is 12.0 Å². The molecular formula is C21H14N2O4S. The fourth-order valence-corrected chi connectivity index (χ4v) is 4.22. The van der Waals surface area contributed by atoms with Crippen molar-refractivity contribution in [3.63, 3.8) is 0 Å². The first-order valence-corrected chi connectivity index (χ1v) is 9.49. The number of nitrogens with zero attached hydrogens (tertiary/aromatic N) is 2. The van der Waals surface area contributed by atoms with E-state index in [1.807, 2.05) is 12.1 Å². The molecule has 1 atom stereocenters.